The molecule has 6 heteroatoms. The second kappa shape index (κ2) is 8.84. The maximum absolute atomic E-state index is 13.4. The topological polar surface area (TPSA) is 52.0 Å². The number of hydrogen-bond acceptors (Lipinski definition) is 5. The number of ketones is 1. The average Bonchev–Trinajstić information content (AvgIpc) is 3.10. The summed E-state index contributed by atoms with van der Waals surface area (Å²) in [6, 6.07) is 9.31. The lowest BCUT2D eigenvalue weighted by Gasteiger charge is -2.14. The minimum Gasteiger partial charge on any atom is -0.293 e. The Labute approximate surface area is 179 Å². The molecule has 0 saturated heterocycles. The van der Waals surface area contributed by atoms with Gasteiger partial charge in [-0.2, -0.15) is 0 Å². The fourth-order valence-corrected chi connectivity index (χ4v) is 5.97. The molecule has 1 aromatic carbocycles. The summed E-state index contributed by atoms with van der Waals surface area (Å²) in [4.78, 5) is 33.1. The van der Waals surface area contributed by atoms with Crippen molar-refractivity contribution in [1.82, 2.24) is 9.55 Å². The standard InChI is InChI=1S/C23H26N2O2S2/c1-15(2)12-13-25-22(27)20-17-10-6-7-11-19(17)29-21(20)24-23(25)28-14-18(26)16-8-4-3-5-9-16/h3-5,8-9,15H,6-7,10-14H2,1-2H3. The van der Waals surface area contributed by atoms with Crippen LogP contribution in [0.25, 0.3) is 10.2 Å². The third-order valence-corrected chi connectivity index (χ3v) is 7.56. The van der Waals surface area contributed by atoms with Gasteiger partial charge in [0, 0.05) is 17.0 Å². The summed E-state index contributed by atoms with van der Waals surface area (Å²) in [5.74, 6) is 0.845. The summed E-state index contributed by atoms with van der Waals surface area (Å²) in [5, 5.41) is 1.50. The van der Waals surface area contributed by atoms with Crippen LogP contribution in [0.3, 0.4) is 0 Å². The Morgan fingerprint density at radius 3 is 2.72 bits per heavy atom. The number of carbonyl (C=O) groups excluding carboxylic acids is 1. The van der Waals surface area contributed by atoms with E-state index in [1.54, 1.807) is 11.3 Å². The van der Waals surface area contributed by atoms with Crippen LogP contribution >= 0.6 is 23.1 Å². The lowest BCUT2D eigenvalue weighted by molar-refractivity contribution is 0.102. The van der Waals surface area contributed by atoms with E-state index in [0.29, 0.717) is 23.2 Å². The number of aromatic nitrogens is 2. The molecule has 152 valence electrons. The number of hydrogen-bond donors (Lipinski definition) is 0. The quantitative estimate of drug-likeness (QED) is 0.290. The van der Waals surface area contributed by atoms with Crippen LogP contribution < -0.4 is 5.56 Å². The van der Waals surface area contributed by atoms with E-state index >= 15 is 0 Å². The van der Waals surface area contributed by atoms with Gasteiger partial charge in [0.25, 0.3) is 5.56 Å². The first-order valence-corrected chi connectivity index (χ1v) is 12.1. The van der Waals surface area contributed by atoms with Crippen LogP contribution in [-0.4, -0.2) is 21.1 Å². The molecule has 2 aromatic heterocycles. The van der Waals surface area contributed by atoms with Crippen LogP contribution in [-0.2, 0) is 19.4 Å². The maximum atomic E-state index is 13.4. The molecular formula is C23H26N2O2S2. The molecule has 29 heavy (non-hydrogen) atoms. The molecule has 2 heterocycles. The summed E-state index contributed by atoms with van der Waals surface area (Å²) in [7, 11) is 0. The molecule has 1 aliphatic carbocycles. The van der Waals surface area contributed by atoms with Crippen molar-refractivity contribution in [3.05, 3.63) is 56.7 Å². The fraction of sp³-hybridized carbons (Fsp3) is 0.435. The lowest BCUT2D eigenvalue weighted by Crippen LogP contribution is -2.25. The van der Waals surface area contributed by atoms with Crippen molar-refractivity contribution in [3.8, 4) is 0 Å². The lowest BCUT2D eigenvalue weighted by atomic mass is 9.97. The maximum Gasteiger partial charge on any atom is 0.263 e. The van der Waals surface area contributed by atoms with Gasteiger partial charge in [-0.25, -0.2) is 4.98 Å². The fourth-order valence-electron chi connectivity index (χ4n) is 3.75. The van der Waals surface area contributed by atoms with E-state index in [9.17, 15) is 9.59 Å². The number of aryl methyl sites for hydroxylation is 2. The molecule has 0 spiro atoms. The summed E-state index contributed by atoms with van der Waals surface area (Å²) >= 11 is 3.05. The Kier molecular flexibility index (Phi) is 6.20. The first-order valence-electron chi connectivity index (χ1n) is 10.3. The third-order valence-electron chi connectivity index (χ3n) is 5.40. The molecule has 4 nitrogen and oxygen atoms in total. The molecule has 1 aliphatic rings. The van der Waals surface area contributed by atoms with E-state index in [4.69, 9.17) is 4.98 Å². The Morgan fingerprint density at radius 1 is 1.21 bits per heavy atom. The Bertz CT molecular complexity index is 1080. The second-order valence-electron chi connectivity index (χ2n) is 8.00. The van der Waals surface area contributed by atoms with Crippen molar-refractivity contribution < 1.29 is 4.79 Å². The Morgan fingerprint density at radius 2 is 1.97 bits per heavy atom. The summed E-state index contributed by atoms with van der Waals surface area (Å²) in [5.41, 5.74) is 2.00. The van der Waals surface area contributed by atoms with Crippen molar-refractivity contribution in [2.75, 3.05) is 5.75 Å². The summed E-state index contributed by atoms with van der Waals surface area (Å²) in [6.07, 6.45) is 5.28. The molecule has 3 aromatic rings. The number of rotatable bonds is 7. The highest BCUT2D eigenvalue weighted by Crippen LogP contribution is 2.34. The average molecular weight is 427 g/mol. The SMILES string of the molecule is CC(C)CCn1c(SCC(=O)c2ccccc2)nc2sc3c(c2c1=O)CCCC3. The molecule has 0 aliphatic heterocycles. The van der Waals surface area contributed by atoms with Gasteiger partial charge in [-0.15, -0.1) is 11.3 Å². The molecule has 0 atom stereocenters. The Balaban J connectivity index is 1.70. The van der Waals surface area contributed by atoms with Crippen molar-refractivity contribution >= 4 is 39.1 Å². The normalized spacial score (nSPS) is 13.8. The third kappa shape index (κ3) is 4.33. The zero-order valence-corrected chi connectivity index (χ0v) is 18.6. The molecule has 0 amide bonds. The van der Waals surface area contributed by atoms with Crippen LogP contribution in [0.15, 0.2) is 40.3 Å². The number of benzene rings is 1. The van der Waals surface area contributed by atoms with Crippen LogP contribution in [0, 0.1) is 5.92 Å². The van der Waals surface area contributed by atoms with Gasteiger partial charge in [-0.05, 0) is 43.6 Å². The first-order chi connectivity index (χ1) is 14.0. The number of Topliss-reactive ketones (excluding diaryl/α,β-unsaturated/α-hetero) is 1. The monoisotopic (exact) mass is 426 g/mol. The van der Waals surface area contributed by atoms with Gasteiger partial charge in [0.2, 0.25) is 0 Å². The molecule has 0 bridgehead atoms. The highest BCUT2D eigenvalue weighted by Gasteiger charge is 2.22. The largest absolute Gasteiger partial charge is 0.293 e. The van der Waals surface area contributed by atoms with E-state index < -0.39 is 0 Å². The van der Waals surface area contributed by atoms with Crippen molar-refractivity contribution in [2.45, 2.75) is 57.7 Å². The molecule has 0 fully saturated rings. The molecule has 0 N–H and O–H groups in total. The van der Waals surface area contributed by atoms with Gasteiger partial charge in [0.05, 0.1) is 11.1 Å². The second-order valence-corrected chi connectivity index (χ2v) is 10.0. The molecule has 0 unspecified atom stereocenters. The van der Waals surface area contributed by atoms with Crippen molar-refractivity contribution in [3.63, 3.8) is 0 Å². The predicted octanol–water partition coefficient (Wildman–Crippen LogP) is 5.36. The van der Waals surface area contributed by atoms with Crippen LogP contribution in [0.5, 0.6) is 0 Å². The van der Waals surface area contributed by atoms with Gasteiger partial charge < -0.3 is 0 Å². The molecule has 0 saturated carbocycles. The van der Waals surface area contributed by atoms with Gasteiger partial charge >= 0.3 is 0 Å². The van der Waals surface area contributed by atoms with Crippen LogP contribution in [0.2, 0.25) is 0 Å². The first kappa shape index (κ1) is 20.4. The van der Waals surface area contributed by atoms with Crippen molar-refractivity contribution in [2.24, 2.45) is 5.92 Å². The Hall–Kier alpha value is -1.92. The smallest absolute Gasteiger partial charge is 0.263 e. The summed E-state index contributed by atoms with van der Waals surface area (Å²) < 4.78 is 1.81. The zero-order chi connectivity index (χ0) is 20.4. The van der Waals surface area contributed by atoms with E-state index in [2.05, 4.69) is 13.8 Å². The highest BCUT2D eigenvalue weighted by molar-refractivity contribution is 7.99. The minimum absolute atomic E-state index is 0.0610. The van der Waals surface area contributed by atoms with E-state index in [1.807, 2.05) is 34.9 Å². The summed E-state index contributed by atoms with van der Waals surface area (Å²) in [6.45, 7) is 4.97. The minimum atomic E-state index is 0.0610. The van der Waals surface area contributed by atoms with Gasteiger partial charge in [-0.1, -0.05) is 55.9 Å². The number of nitrogens with zero attached hydrogens (tertiary/aromatic N) is 2. The van der Waals surface area contributed by atoms with Crippen LogP contribution in [0.1, 0.15) is 53.9 Å². The number of thioether (sulfide) groups is 1. The highest BCUT2D eigenvalue weighted by atomic mass is 32.2. The van der Waals surface area contributed by atoms with E-state index in [1.165, 1.54) is 28.6 Å². The molecule has 0 radical (unpaired) electrons. The van der Waals surface area contributed by atoms with E-state index in [0.717, 1.165) is 35.9 Å². The van der Waals surface area contributed by atoms with Gasteiger partial charge in [-0.3, -0.25) is 14.2 Å². The molecular weight excluding hydrogens is 400 g/mol. The predicted molar refractivity (Wildman–Crippen MR) is 121 cm³/mol. The van der Waals surface area contributed by atoms with Gasteiger partial charge in [0.1, 0.15) is 4.83 Å². The number of carbonyl (C=O) groups is 1. The number of fused-ring (bicyclic) bond motifs is 3. The van der Waals surface area contributed by atoms with Gasteiger partial charge in [0.15, 0.2) is 10.9 Å². The number of thiophene rings is 1. The van der Waals surface area contributed by atoms with Crippen molar-refractivity contribution in [1.29, 1.82) is 0 Å². The zero-order valence-electron chi connectivity index (χ0n) is 16.9. The molecule has 4 rings (SSSR count). The van der Waals surface area contributed by atoms with Crippen LogP contribution in [0.4, 0.5) is 0 Å². The van der Waals surface area contributed by atoms with E-state index in [-0.39, 0.29) is 17.1 Å².